The number of carbonyl (C=O) groups excluding carboxylic acids is 2. The number of esters is 1. The Balaban J connectivity index is 3.08. The Kier molecular flexibility index (Phi) is 3.93. The number of pyridine rings is 1. The van der Waals surface area contributed by atoms with Crippen LogP contribution in [0.5, 0.6) is 0 Å². The van der Waals surface area contributed by atoms with Crippen molar-refractivity contribution in [2.24, 2.45) is 0 Å². The summed E-state index contributed by atoms with van der Waals surface area (Å²) in [6, 6.07) is 1.55. The van der Waals surface area contributed by atoms with Gasteiger partial charge in [0.05, 0.1) is 13.7 Å². The third-order valence-electron chi connectivity index (χ3n) is 1.79. The fraction of sp³-hybridized carbons (Fsp3) is 0.300. The molecule has 5 heteroatoms. The van der Waals surface area contributed by atoms with Crippen LogP contribution in [-0.2, 0) is 16.1 Å². The standard InChI is InChI=1S/C10H11NO4/c1-14-6-7-3-8(5-12)9(11-4-7)10(13)15-2/h3-5H,6H2,1-2H3. The lowest BCUT2D eigenvalue weighted by Crippen LogP contribution is -2.09. The highest BCUT2D eigenvalue weighted by atomic mass is 16.5. The van der Waals surface area contributed by atoms with Crippen molar-refractivity contribution in [1.29, 1.82) is 0 Å². The van der Waals surface area contributed by atoms with Crippen molar-refractivity contribution >= 4 is 12.3 Å². The number of methoxy groups -OCH3 is 2. The minimum atomic E-state index is -0.624. The van der Waals surface area contributed by atoms with E-state index in [-0.39, 0.29) is 11.3 Å². The molecule has 1 aromatic rings. The number of ether oxygens (including phenoxy) is 2. The molecule has 15 heavy (non-hydrogen) atoms. The lowest BCUT2D eigenvalue weighted by molar-refractivity contribution is 0.0591. The average molecular weight is 209 g/mol. The van der Waals surface area contributed by atoms with Crippen LogP contribution in [0, 0.1) is 0 Å². The van der Waals surface area contributed by atoms with E-state index >= 15 is 0 Å². The summed E-state index contributed by atoms with van der Waals surface area (Å²) in [5.41, 5.74) is 0.955. The summed E-state index contributed by atoms with van der Waals surface area (Å²) in [7, 11) is 2.77. The molecule has 1 heterocycles. The second-order valence-electron chi connectivity index (χ2n) is 2.82. The molecule has 0 atom stereocenters. The first-order valence-corrected chi connectivity index (χ1v) is 4.24. The SMILES string of the molecule is COCc1cnc(C(=O)OC)c(C=O)c1. The summed E-state index contributed by atoms with van der Waals surface area (Å²) in [6.07, 6.45) is 2.04. The minimum Gasteiger partial charge on any atom is -0.464 e. The largest absolute Gasteiger partial charge is 0.464 e. The molecule has 0 unspecified atom stereocenters. The number of aromatic nitrogens is 1. The van der Waals surface area contributed by atoms with Crippen LogP contribution in [0.2, 0.25) is 0 Å². The molecule has 0 N–H and O–H groups in total. The molecule has 1 aromatic heterocycles. The fourth-order valence-electron chi connectivity index (χ4n) is 1.13. The van der Waals surface area contributed by atoms with Gasteiger partial charge in [0.15, 0.2) is 12.0 Å². The number of hydrogen-bond donors (Lipinski definition) is 0. The van der Waals surface area contributed by atoms with Gasteiger partial charge in [0.1, 0.15) is 0 Å². The number of nitrogens with zero attached hydrogens (tertiary/aromatic N) is 1. The van der Waals surface area contributed by atoms with Gasteiger partial charge >= 0.3 is 5.97 Å². The van der Waals surface area contributed by atoms with Crippen molar-refractivity contribution < 1.29 is 19.1 Å². The lowest BCUT2D eigenvalue weighted by Gasteiger charge is -2.04. The predicted molar refractivity (Wildman–Crippen MR) is 51.7 cm³/mol. The Morgan fingerprint density at radius 3 is 2.80 bits per heavy atom. The Hall–Kier alpha value is -1.75. The number of rotatable bonds is 4. The van der Waals surface area contributed by atoms with Crippen molar-refractivity contribution in [1.82, 2.24) is 4.98 Å². The molecule has 0 fully saturated rings. The number of hydrogen-bond acceptors (Lipinski definition) is 5. The van der Waals surface area contributed by atoms with E-state index in [2.05, 4.69) is 9.72 Å². The quantitative estimate of drug-likeness (QED) is 0.542. The third-order valence-corrected chi connectivity index (χ3v) is 1.79. The molecule has 0 saturated carbocycles. The van der Waals surface area contributed by atoms with Gasteiger partial charge in [-0.25, -0.2) is 9.78 Å². The highest BCUT2D eigenvalue weighted by Gasteiger charge is 2.13. The monoisotopic (exact) mass is 209 g/mol. The van der Waals surface area contributed by atoms with Gasteiger partial charge in [-0.2, -0.15) is 0 Å². The number of aldehydes is 1. The second-order valence-corrected chi connectivity index (χ2v) is 2.82. The smallest absolute Gasteiger partial charge is 0.357 e. The third kappa shape index (κ3) is 2.60. The molecule has 0 spiro atoms. The van der Waals surface area contributed by atoms with Crippen LogP contribution in [0.15, 0.2) is 12.3 Å². The molecule has 0 radical (unpaired) electrons. The summed E-state index contributed by atoms with van der Waals surface area (Å²) in [5, 5.41) is 0. The predicted octanol–water partition coefficient (Wildman–Crippen LogP) is 0.827. The van der Waals surface area contributed by atoms with Gasteiger partial charge < -0.3 is 9.47 Å². The average Bonchev–Trinajstić information content (AvgIpc) is 2.28. The highest BCUT2D eigenvalue weighted by Crippen LogP contribution is 2.08. The minimum absolute atomic E-state index is 0.0207. The van der Waals surface area contributed by atoms with Crippen LogP contribution >= 0.6 is 0 Å². The molecule has 80 valence electrons. The van der Waals surface area contributed by atoms with Crippen LogP contribution in [0.25, 0.3) is 0 Å². The van der Waals surface area contributed by atoms with Crippen molar-refractivity contribution in [2.75, 3.05) is 14.2 Å². The summed E-state index contributed by atoms with van der Waals surface area (Å²) >= 11 is 0. The van der Waals surface area contributed by atoms with Gasteiger partial charge in [-0.05, 0) is 11.6 Å². The molecule has 0 aliphatic heterocycles. The van der Waals surface area contributed by atoms with Crippen molar-refractivity contribution in [3.05, 3.63) is 29.1 Å². The van der Waals surface area contributed by atoms with Gasteiger partial charge in [-0.3, -0.25) is 4.79 Å². The van der Waals surface area contributed by atoms with Gasteiger partial charge in [0.25, 0.3) is 0 Å². The van der Waals surface area contributed by atoms with Crippen molar-refractivity contribution in [3.8, 4) is 0 Å². The van der Waals surface area contributed by atoms with Gasteiger partial charge in [-0.15, -0.1) is 0 Å². The van der Waals surface area contributed by atoms with E-state index in [1.807, 2.05) is 0 Å². The zero-order valence-electron chi connectivity index (χ0n) is 8.52. The lowest BCUT2D eigenvalue weighted by atomic mass is 10.1. The van der Waals surface area contributed by atoms with Crippen LogP contribution in [-0.4, -0.2) is 31.5 Å². The summed E-state index contributed by atoms with van der Waals surface area (Å²) in [6.45, 7) is 0.343. The Morgan fingerprint density at radius 2 is 2.27 bits per heavy atom. The van der Waals surface area contributed by atoms with E-state index in [4.69, 9.17) is 4.74 Å². The molecule has 0 aliphatic carbocycles. The maximum Gasteiger partial charge on any atom is 0.357 e. The molecule has 0 amide bonds. The highest BCUT2D eigenvalue weighted by molar-refractivity contribution is 5.96. The summed E-state index contributed by atoms with van der Waals surface area (Å²) in [5.74, 6) is -0.624. The molecular weight excluding hydrogens is 198 g/mol. The molecule has 0 bridgehead atoms. The molecular formula is C10H11NO4. The normalized spacial score (nSPS) is 9.73. The van der Waals surface area contributed by atoms with Crippen LogP contribution < -0.4 is 0 Å². The zero-order chi connectivity index (χ0) is 11.3. The number of carbonyl (C=O) groups is 2. The van der Waals surface area contributed by atoms with E-state index in [0.29, 0.717) is 12.9 Å². The molecule has 0 aromatic carbocycles. The first-order valence-electron chi connectivity index (χ1n) is 4.24. The molecule has 0 saturated heterocycles. The van der Waals surface area contributed by atoms with Crippen LogP contribution in [0.1, 0.15) is 26.4 Å². The van der Waals surface area contributed by atoms with E-state index in [1.54, 1.807) is 6.07 Å². The van der Waals surface area contributed by atoms with Crippen molar-refractivity contribution in [3.63, 3.8) is 0 Å². The van der Waals surface area contributed by atoms with Crippen molar-refractivity contribution in [2.45, 2.75) is 6.61 Å². The Labute approximate surface area is 87.0 Å². The first kappa shape index (κ1) is 11.3. The summed E-state index contributed by atoms with van der Waals surface area (Å²) in [4.78, 5) is 25.8. The van der Waals surface area contributed by atoms with Gasteiger partial charge in [-0.1, -0.05) is 0 Å². The van der Waals surface area contributed by atoms with E-state index in [1.165, 1.54) is 20.4 Å². The molecule has 5 nitrogen and oxygen atoms in total. The van der Waals surface area contributed by atoms with E-state index in [9.17, 15) is 9.59 Å². The van der Waals surface area contributed by atoms with E-state index in [0.717, 1.165) is 5.56 Å². The summed E-state index contributed by atoms with van der Waals surface area (Å²) < 4.78 is 9.37. The van der Waals surface area contributed by atoms with Crippen LogP contribution in [0.3, 0.4) is 0 Å². The molecule has 0 aliphatic rings. The van der Waals surface area contributed by atoms with Gasteiger partial charge in [0, 0.05) is 18.9 Å². The maximum absolute atomic E-state index is 11.2. The zero-order valence-corrected chi connectivity index (χ0v) is 8.52. The van der Waals surface area contributed by atoms with Gasteiger partial charge in [0.2, 0.25) is 0 Å². The first-order chi connectivity index (χ1) is 7.22. The molecule has 1 rings (SSSR count). The maximum atomic E-state index is 11.2. The Morgan fingerprint density at radius 1 is 1.53 bits per heavy atom. The Bertz CT molecular complexity index is 376. The fourth-order valence-corrected chi connectivity index (χ4v) is 1.13. The van der Waals surface area contributed by atoms with E-state index < -0.39 is 5.97 Å². The van der Waals surface area contributed by atoms with Crippen LogP contribution in [0.4, 0.5) is 0 Å². The second kappa shape index (κ2) is 5.21. The topological polar surface area (TPSA) is 65.5 Å².